The van der Waals surface area contributed by atoms with Crippen molar-refractivity contribution in [2.45, 2.75) is 6.92 Å². The van der Waals surface area contributed by atoms with Crippen molar-refractivity contribution in [2.24, 2.45) is 0 Å². The molecule has 0 unspecified atom stereocenters. The molecular formula is C17H13N3. The molecule has 0 N–H and O–H groups in total. The van der Waals surface area contributed by atoms with Gasteiger partial charge in [-0.05, 0) is 25.1 Å². The summed E-state index contributed by atoms with van der Waals surface area (Å²) in [5.41, 5.74) is 4.69. The monoisotopic (exact) mass is 259 g/mol. The SMILES string of the molecule is C#Cc1cccc(-n2nnc(-c3ccccc3)c2C)c1. The second kappa shape index (κ2) is 5.02. The Morgan fingerprint density at radius 2 is 1.85 bits per heavy atom. The fraction of sp³-hybridized carbons (Fsp3) is 0.0588. The predicted molar refractivity (Wildman–Crippen MR) is 79.5 cm³/mol. The maximum Gasteiger partial charge on any atom is 0.116 e. The molecule has 0 bridgehead atoms. The van der Waals surface area contributed by atoms with E-state index in [0.29, 0.717) is 0 Å². The first-order chi connectivity index (χ1) is 9.79. The third-order valence-corrected chi connectivity index (χ3v) is 3.20. The number of hydrogen-bond acceptors (Lipinski definition) is 2. The predicted octanol–water partition coefficient (Wildman–Crippen LogP) is 3.22. The summed E-state index contributed by atoms with van der Waals surface area (Å²) in [5.74, 6) is 2.63. The van der Waals surface area contributed by atoms with Crippen molar-refractivity contribution in [1.82, 2.24) is 15.0 Å². The Labute approximate surface area is 117 Å². The highest BCUT2D eigenvalue weighted by Crippen LogP contribution is 2.22. The van der Waals surface area contributed by atoms with Gasteiger partial charge in [-0.3, -0.25) is 0 Å². The third kappa shape index (κ3) is 2.08. The second-order valence-corrected chi connectivity index (χ2v) is 4.50. The molecule has 3 aromatic rings. The molecule has 0 aliphatic carbocycles. The number of nitrogens with zero attached hydrogens (tertiary/aromatic N) is 3. The summed E-state index contributed by atoms with van der Waals surface area (Å²) >= 11 is 0. The summed E-state index contributed by atoms with van der Waals surface area (Å²) in [4.78, 5) is 0. The van der Waals surface area contributed by atoms with Crippen molar-refractivity contribution < 1.29 is 0 Å². The van der Waals surface area contributed by atoms with Gasteiger partial charge in [-0.15, -0.1) is 11.5 Å². The van der Waals surface area contributed by atoms with Gasteiger partial charge in [-0.1, -0.05) is 47.5 Å². The molecule has 0 fully saturated rings. The van der Waals surface area contributed by atoms with Gasteiger partial charge in [-0.25, -0.2) is 4.68 Å². The van der Waals surface area contributed by atoms with E-state index in [9.17, 15) is 0 Å². The molecule has 3 heteroatoms. The Bertz CT molecular complexity index is 779. The van der Waals surface area contributed by atoms with Crippen LogP contribution in [0.5, 0.6) is 0 Å². The molecule has 0 aliphatic rings. The van der Waals surface area contributed by atoms with E-state index in [-0.39, 0.29) is 0 Å². The molecule has 0 amide bonds. The molecule has 96 valence electrons. The van der Waals surface area contributed by atoms with E-state index in [1.54, 1.807) is 0 Å². The lowest BCUT2D eigenvalue weighted by molar-refractivity contribution is 0.785. The summed E-state index contributed by atoms with van der Waals surface area (Å²) in [5, 5.41) is 8.51. The van der Waals surface area contributed by atoms with E-state index >= 15 is 0 Å². The standard InChI is InChI=1S/C17H13N3/c1-3-14-8-7-11-16(12-14)20-13(2)17(18-19-20)15-9-5-4-6-10-15/h1,4-12H,2H3. The summed E-state index contributed by atoms with van der Waals surface area (Å²) in [7, 11) is 0. The molecule has 0 saturated heterocycles. The molecule has 0 spiro atoms. The lowest BCUT2D eigenvalue weighted by Crippen LogP contribution is -1.99. The van der Waals surface area contributed by atoms with Gasteiger partial charge in [0.15, 0.2) is 0 Å². The Kier molecular flexibility index (Phi) is 3.06. The third-order valence-electron chi connectivity index (χ3n) is 3.20. The Hall–Kier alpha value is -2.86. The summed E-state index contributed by atoms with van der Waals surface area (Å²) < 4.78 is 1.81. The minimum absolute atomic E-state index is 0.832. The van der Waals surface area contributed by atoms with Crippen molar-refractivity contribution in [3.8, 4) is 29.3 Å². The van der Waals surface area contributed by atoms with E-state index in [1.807, 2.05) is 66.2 Å². The van der Waals surface area contributed by atoms with E-state index in [4.69, 9.17) is 6.42 Å². The van der Waals surface area contributed by atoms with Crippen LogP contribution >= 0.6 is 0 Å². The fourth-order valence-corrected chi connectivity index (χ4v) is 2.16. The van der Waals surface area contributed by atoms with Crippen LogP contribution in [0.25, 0.3) is 16.9 Å². The molecule has 1 heterocycles. The highest BCUT2D eigenvalue weighted by Gasteiger charge is 2.11. The quantitative estimate of drug-likeness (QED) is 0.661. The Morgan fingerprint density at radius 3 is 2.60 bits per heavy atom. The van der Waals surface area contributed by atoms with Gasteiger partial charge in [0, 0.05) is 11.1 Å². The van der Waals surface area contributed by atoms with Crippen molar-refractivity contribution in [1.29, 1.82) is 0 Å². The van der Waals surface area contributed by atoms with E-state index < -0.39 is 0 Å². The van der Waals surface area contributed by atoms with Crippen molar-refractivity contribution >= 4 is 0 Å². The lowest BCUT2D eigenvalue weighted by atomic mass is 10.1. The summed E-state index contributed by atoms with van der Waals surface area (Å²) in [6.45, 7) is 2.00. The topological polar surface area (TPSA) is 30.7 Å². The van der Waals surface area contributed by atoms with Crippen LogP contribution in [0.3, 0.4) is 0 Å². The minimum Gasteiger partial charge on any atom is -0.217 e. The largest absolute Gasteiger partial charge is 0.217 e. The number of aromatic nitrogens is 3. The zero-order valence-electron chi connectivity index (χ0n) is 11.1. The number of terminal acetylenes is 1. The average molecular weight is 259 g/mol. The van der Waals surface area contributed by atoms with E-state index in [2.05, 4.69) is 16.2 Å². The van der Waals surface area contributed by atoms with Gasteiger partial charge >= 0.3 is 0 Å². The van der Waals surface area contributed by atoms with Gasteiger partial charge in [0.05, 0.1) is 11.4 Å². The molecule has 2 aromatic carbocycles. The smallest absolute Gasteiger partial charge is 0.116 e. The first-order valence-electron chi connectivity index (χ1n) is 6.34. The van der Waals surface area contributed by atoms with Crippen molar-refractivity contribution in [2.75, 3.05) is 0 Å². The highest BCUT2D eigenvalue weighted by molar-refractivity contribution is 5.61. The highest BCUT2D eigenvalue weighted by atomic mass is 15.4. The zero-order valence-corrected chi connectivity index (χ0v) is 11.1. The van der Waals surface area contributed by atoms with Gasteiger partial charge in [0.1, 0.15) is 5.69 Å². The Morgan fingerprint density at radius 1 is 1.05 bits per heavy atom. The zero-order chi connectivity index (χ0) is 13.9. The summed E-state index contributed by atoms with van der Waals surface area (Å²) in [6.07, 6.45) is 5.44. The molecule has 20 heavy (non-hydrogen) atoms. The van der Waals surface area contributed by atoms with Crippen molar-refractivity contribution in [3.05, 3.63) is 65.9 Å². The fourth-order valence-electron chi connectivity index (χ4n) is 2.16. The minimum atomic E-state index is 0.832. The normalized spacial score (nSPS) is 10.2. The first-order valence-corrected chi connectivity index (χ1v) is 6.34. The molecule has 3 nitrogen and oxygen atoms in total. The van der Waals surface area contributed by atoms with Crippen LogP contribution in [0.15, 0.2) is 54.6 Å². The van der Waals surface area contributed by atoms with Gasteiger partial charge in [-0.2, -0.15) is 0 Å². The first kappa shape index (κ1) is 12.2. The maximum atomic E-state index is 5.44. The maximum absolute atomic E-state index is 5.44. The molecule has 0 aliphatic heterocycles. The van der Waals surface area contributed by atoms with E-state index in [1.165, 1.54) is 0 Å². The van der Waals surface area contributed by atoms with Crippen LogP contribution in [-0.2, 0) is 0 Å². The van der Waals surface area contributed by atoms with Crippen LogP contribution in [-0.4, -0.2) is 15.0 Å². The van der Waals surface area contributed by atoms with Gasteiger partial charge < -0.3 is 0 Å². The summed E-state index contributed by atoms with van der Waals surface area (Å²) in [6, 6.07) is 17.7. The molecule has 0 saturated carbocycles. The molecule has 0 radical (unpaired) electrons. The number of hydrogen-bond donors (Lipinski definition) is 0. The van der Waals surface area contributed by atoms with Gasteiger partial charge in [0.25, 0.3) is 0 Å². The van der Waals surface area contributed by atoms with Crippen molar-refractivity contribution in [3.63, 3.8) is 0 Å². The number of rotatable bonds is 2. The molecular weight excluding hydrogens is 246 g/mol. The molecule has 0 atom stereocenters. The molecule has 1 aromatic heterocycles. The lowest BCUT2D eigenvalue weighted by Gasteiger charge is -2.04. The van der Waals surface area contributed by atoms with Crippen LogP contribution in [0.4, 0.5) is 0 Å². The van der Waals surface area contributed by atoms with E-state index in [0.717, 1.165) is 28.2 Å². The van der Waals surface area contributed by atoms with Crippen LogP contribution < -0.4 is 0 Å². The van der Waals surface area contributed by atoms with Crippen LogP contribution in [0.2, 0.25) is 0 Å². The van der Waals surface area contributed by atoms with Gasteiger partial charge in [0.2, 0.25) is 0 Å². The molecule has 3 rings (SSSR count). The average Bonchev–Trinajstić information content (AvgIpc) is 2.90. The van der Waals surface area contributed by atoms with Crippen LogP contribution in [0.1, 0.15) is 11.3 Å². The number of benzene rings is 2. The van der Waals surface area contributed by atoms with Crippen LogP contribution in [0, 0.1) is 19.3 Å². The second-order valence-electron chi connectivity index (χ2n) is 4.50. The Balaban J connectivity index is 2.09.